The average Bonchev–Trinajstić information content (AvgIpc) is 2.47. The molecular weight excluding hydrogens is 260 g/mol. The van der Waals surface area contributed by atoms with Crippen molar-refractivity contribution in [1.82, 2.24) is 4.90 Å². The molecule has 0 bridgehead atoms. The lowest BCUT2D eigenvalue weighted by Gasteiger charge is -2.23. The fraction of sp³-hybridized carbons (Fsp3) is 0.333. The second-order valence-electron chi connectivity index (χ2n) is 5.53. The quantitative estimate of drug-likeness (QED) is 0.885. The molecule has 0 aliphatic carbocycles. The predicted octanol–water partition coefficient (Wildman–Crippen LogP) is 3.14. The van der Waals surface area contributed by atoms with Crippen LogP contribution in [0.15, 0.2) is 48.5 Å². The fourth-order valence-electron chi connectivity index (χ4n) is 2.59. The van der Waals surface area contributed by atoms with Crippen LogP contribution in [-0.4, -0.2) is 25.6 Å². The van der Waals surface area contributed by atoms with Gasteiger partial charge in [0.05, 0.1) is 7.11 Å². The zero-order valence-electron chi connectivity index (χ0n) is 13.0. The summed E-state index contributed by atoms with van der Waals surface area (Å²) in [6.45, 7) is 3.79. The summed E-state index contributed by atoms with van der Waals surface area (Å²) in [4.78, 5) is 2.24. The molecule has 2 aromatic rings. The van der Waals surface area contributed by atoms with E-state index in [9.17, 15) is 0 Å². The van der Waals surface area contributed by atoms with Crippen LogP contribution in [0.3, 0.4) is 0 Å². The van der Waals surface area contributed by atoms with E-state index < -0.39 is 0 Å². The highest BCUT2D eigenvalue weighted by molar-refractivity contribution is 5.35. The number of benzene rings is 2. The lowest BCUT2D eigenvalue weighted by atomic mass is 10.1. The summed E-state index contributed by atoms with van der Waals surface area (Å²) in [5.41, 5.74) is 9.98. The van der Waals surface area contributed by atoms with Crippen LogP contribution in [0.5, 0.6) is 5.75 Å². The Morgan fingerprint density at radius 1 is 1.14 bits per heavy atom. The number of nitrogens with two attached hydrogens (primary N) is 1. The van der Waals surface area contributed by atoms with Gasteiger partial charge in [0.25, 0.3) is 0 Å². The molecule has 21 heavy (non-hydrogen) atoms. The third-order valence-corrected chi connectivity index (χ3v) is 3.58. The van der Waals surface area contributed by atoms with Crippen molar-refractivity contribution in [2.45, 2.75) is 19.5 Å². The third-order valence-electron chi connectivity index (χ3n) is 3.58. The molecule has 3 heteroatoms. The van der Waals surface area contributed by atoms with Crippen LogP contribution in [0.25, 0.3) is 0 Å². The summed E-state index contributed by atoms with van der Waals surface area (Å²) >= 11 is 0. The van der Waals surface area contributed by atoms with Gasteiger partial charge in [0.15, 0.2) is 0 Å². The van der Waals surface area contributed by atoms with Crippen LogP contribution >= 0.6 is 0 Å². The maximum absolute atomic E-state index is 6.33. The van der Waals surface area contributed by atoms with Crippen LogP contribution in [0.4, 0.5) is 0 Å². The van der Waals surface area contributed by atoms with Gasteiger partial charge in [-0.1, -0.05) is 48.0 Å². The largest absolute Gasteiger partial charge is 0.496 e. The molecule has 1 atom stereocenters. The third kappa shape index (κ3) is 4.31. The Balaban J connectivity index is 2.00. The molecule has 0 heterocycles. The fourth-order valence-corrected chi connectivity index (χ4v) is 2.59. The monoisotopic (exact) mass is 284 g/mol. The van der Waals surface area contributed by atoms with Crippen LogP contribution in [-0.2, 0) is 6.54 Å². The Morgan fingerprint density at radius 2 is 1.90 bits per heavy atom. The highest BCUT2D eigenvalue weighted by Gasteiger charge is 2.13. The molecule has 3 nitrogen and oxygen atoms in total. The number of likely N-dealkylation sites (N-methyl/N-ethyl adjacent to an activating group) is 1. The maximum Gasteiger partial charge on any atom is 0.123 e. The average molecular weight is 284 g/mol. The smallest absolute Gasteiger partial charge is 0.123 e. The first-order valence-corrected chi connectivity index (χ1v) is 7.22. The molecule has 0 amide bonds. The number of hydrogen-bond acceptors (Lipinski definition) is 3. The molecule has 112 valence electrons. The van der Waals surface area contributed by atoms with E-state index in [-0.39, 0.29) is 6.04 Å². The Labute approximate surface area is 127 Å². The van der Waals surface area contributed by atoms with Crippen molar-refractivity contribution >= 4 is 0 Å². The minimum absolute atomic E-state index is 0.0593. The van der Waals surface area contributed by atoms with E-state index in [4.69, 9.17) is 10.5 Å². The number of aryl methyl sites for hydroxylation is 1. The van der Waals surface area contributed by atoms with Crippen LogP contribution in [0.2, 0.25) is 0 Å². The number of ether oxygens (including phenoxy) is 1. The highest BCUT2D eigenvalue weighted by Crippen LogP contribution is 2.23. The molecule has 0 aliphatic heterocycles. The number of hydrogen-bond donors (Lipinski definition) is 1. The van der Waals surface area contributed by atoms with E-state index in [0.29, 0.717) is 0 Å². The van der Waals surface area contributed by atoms with Crippen LogP contribution < -0.4 is 10.5 Å². The van der Waals surface area contributed by atoms with Crippen molar-refractivity contribution in [1.29, 1.82) is 0 Å². The van der Waals surface area contributed by atoms with Gasteiger partial charge < -0.3 is 15.4 Å². The number of methoxy groups -OCH3 is 1. The highest BCUT2D eigenvalue weighted by atomic mass is 16.5. The van der Waals surface area contributed by atoms with Crippen molar-refractivity contribution in [3.8, 4) is 5.75 Å². The van der Waals surface area contributed by atoms with Crippen molar-refractivity contribution in [3.05, 3.63) is 65.2 Å². The van der Waals surface area contributed by atoms with Crippen LogP contribution in [0, 0.1) is 6.92 Å². The van der Waals surface area contributed by atoms with Crippen molar-refractivity contribution in [2.75, 3.05) is 20.7 Å². The standard InChI is InChI=1S/C18H24N2O/c1-14-7-6-8-15(11-14)12-20(2)13-17(19)16-9-4-5-10-18(16)21-3/h4-11,17H,12-13,19H2,1-3H3. The summed E-state index contributed by atoms with van der Waals surface area (Å²) in [6.07, 6.45) is 0. The molecule has 2 rings (SSSR count). The molecule has 0 aliphatic rings. The second kappa shape index (κ2) is 7.25. The minimum Gasteiger partial charge on any atom is -0.496 e. The first-order valence-electron chi connectivity index (χ1n) is 7.22. The lowest BCUT2D eigenvalue weighted by Crippen LogP contribution is -2.29. The zero-order valence-corrected chi connectivity index (χ0v) is 13.0. The number of para-hydroxylation sites is 1. The predicted molar refractivity (Wildman–Crippen MR) is 87.4 cm³/mol. The molecule has 2 aromatic carbocycles. The zero-order chi connectivity index (χ0) is 15.2. The Kier molecular flexibility index (Phi) is 5.37. The van der Waals surface area contributed by atoms with Gasteiger partial charge in [0, 0.05) is 24.7 Å². The summed E-state index contributed by atoms with van der Waals surface area (Å²) in [5, 5.41) is 0. The molecule has 1 unspecified atom stereocenters. The van der Waals surface area contributed by atoms with E-state index in [1.165, 1.54) is 11.1 Å². The summed E-state index contributed by atoms with van der Waals surface area (Å²) < 4.78 is 5.38. The van der Waals surface area contributed by atoms with Gasteiger partial charge in [0.2, 0.25) is 0 Å². The van der Waals surface area contributed by atoms with Crippen molar-refractivity contribution in [2.24, 2.45) is 5.73 Å². The molecular formula is C18H24N2O. The molecule has 0 spiro atoms. The molecule has 0 fully saturated rings. The molecule has 0 saturated heterocycles. The van der Waals surface area contributed by atoms with Gasteiger partial charge in [-0.05, 0) is 25.6 Å². The summed E-state index contributed by atoms with van der Waals surface area (Å²) in [5.74, 6) is 0.856. The van der Waals surface area contributed by atoms with Gasteiger partial charge >= 0.3 is 0 Å². The topological polar surface area (TPSA) is 38.5 Å². The van der Waals surface area contributed by atoms with Gasteiger partial charge in [-0.25, -0.2) is 0 Å². The molecule has 0 aromatic heterocycles. The van der Waals surface area contributed by atoms with Gasteiger partial charge in [-0.15, -0.1) is 0 Å². The number of rotatable bonds is 6. The Bertz CT molecular complexity index is 583. The normalized spacial score (nSPS) is 12.4. The minimum atomic E-state index is -0.0593. The Hall–Kier alpha value is -1.84. The van der Waals surface area contributed by atoms with Gasteiger partial charge in [-0.3, -0.25) is 0 Å². The summed E-state index contributed by atoms with van der Waals surface area (Å²) in [6, 6.07) is 16.5. The van der Waals surface area contributed by atoms with Crippen LogP contribution in [0.1, 0.15) is 22.7 Å². The van der Waals surface area contributed by atoms with Crippen molar-refractivity contribution < 1.29 is 4.74 Å². The lowest BCUT2D eigenvalue weighted by molar-refractivity contribution is 0.301. The second-order valence-corrected chi connectivity index (χ2v) is 5.53. The molecule has 0 saturated carbocycles. The van der Waals surface area contributed by atoms with E-state index in [2.05, 4.69) is 43.1 Å². The van der Waals surface area contributed by atoms with E-state index in [1.807, 2.05) is 24.3 Å². The first kappa shape index (κ1) is 15.5. The summed E-state index contributed by atoms with van der Waals surface area (Å²) in [7, 11) is 3.78. The van der Waals surface area contributed by atoms with E-state index in [0.717, 1.165) is 24.4 Å². The van der Waals surface area contributed by atoms with E-state index >= 15 is 0 Å². The van der Waals surface area contributed by atoms with Gasteiger partial charge in [0.1, 0.15) is 5.75 Å². The maximum atomic E-state index is 6.33. The SMILES string of the molecule is COc1ccccc1C(N)CN(C)Cc1cccc(C)c1. The molecule has 2 N–H and O–H groups in total. The van der Waals surface area contributed by atoms with Crippen molar-refractivity contribution in [3.63, 3.8) is 0 Å². The number of nitrogens with zero attached hydrogens (tertiary/aromatic N) is 1. The Morgan fingerprint density at radius 3 is 2.62 bits per heavy atom. The van der Waals surface area contributed by atoms with Gasteiger partial charge in [-0.2, -0.15) is 0 Å². The first-order chi connectivity index (χ1) is 10.1. The van der Waals surface area contributed by atoms with E-state index in [1.54, 1.807) is 7.11 Å². The molecule has 0 radical (unpaired) electrons.